The lowest BCUT2D eigenvalue weighted by Gasteiger charge is -1.93. The van der Waals surface area contributed by atoms with Gasteiger partial charge in [-0.3, -0.25) is 4.79 Å². The number of hydrogen-bond acceptors (Lipinski definition) is 1. The van der Waals surface area contributed by atoms with Crippen molar-refractivity contribution in [3.63, 3.8) is 0 Å². The molecule has 0 saturated carbocycles. The molecular formula is C7H7Cl2OP. The van der Waals surface area contributed by atoms with Gasteiger partial charge in [0, 0.05) is 0 Å². The molecule has 4 heteroatoms. The second kappa shape index (κ2) is 4.71. The van der Waals surface area contributed by atoms with Crippen molar-refractivity contribution in [2.45, 2.75) is 0 Å². The van der Waals surface area contributed by atoms with Crippen LogP contribution < -0.4 is 0 Å². The molecule has 0 radical (unpaired) electrons. The quantitative estimate of drug-likeness (QED) is 0.513. The predicted molar refractivity (Wildman–Crippen MR) is 52.7 cm³/mol. The topological polar surface area (TPSA) is 17.1 Å². The van der Waals surface area contributed by atoms with Crippen LogP contribution >= 0.6 is 33.1 Å². The van der Waals surface area contributed by atoms with E-state index in [-0.39, 0.29) is 9.90 Å². The van der Waals surface area contributed by atoms with Gasteiger partial charge in [0.15, 0.2) is 0 Å². The van der Waals surface area contributed by atoms with E-state index < -0.39 is 5.24 Å². The zero-order chi connectivity index (χ0) is 7.56. The summed E-state index contributed by atoms with van der Waals surface area (Å²) in [5, 5.41) is -0.131. The Morgan fingerprint density at radius 1 is 1.27 bits per heavy atom. The van der Waals surface area contributed by atoms with Gasteiger partial charge in [0.25, 0.3) is 5.24 Å². The van der Waals surface area contributed by atoms with E-state index in [0.717, 1.165) is 0 Å². The smallest absolute Gasteiger partial charge is 0.253 e. The molecule has 0 heterocycles. The first-order chi connectivity index (χ1) is 4.72. The summed E-state index contributed by atoms with van der Waals surface area (Å²) in [6, 6.07) is 6.65. The van der Waals surface area contributed by atoms with Crippen molar-refractivity contribution in [3.8, 4) is 0 Å². The van der Waals surface area contributed by atoms with Crippen molar-refractivity contribution in [3.05, 3.63) is 34.9 Å². The molecule has 1 rings (SSSR count). The third kappa shape index (κ3) is 2.78. The average Bonchev–Trinajstić information content (AvgIpc) is 1.88. The zero-order valence-electron chi connectivity index (χ0n) is 5.68. The van der Waals surface area contributed by atoms with Gasteiger partial charge in [-0.2, -0.15) is 9.90 Å². The molecule has 0 aliphatic carbocycles. The van der Waals surface area contributed by atoms with Crippen LogP contribution in [0.3, 0.4) is 0 Å². The first-order valence-electron chi connectivity index (χ1n) is 2.66. The second-order valence-corrected chi connectivity index (χ2v) is 2.50. The fourth-order valence-corrected chi connectivity index (χ4v) is 1.06. The molecule has 1 aromatic carbocycles. The Morgan fingerprint density at radius 3 is 2.18 bits per heavy atom. The lowest BCUT2D eigenvalue weighted by molar-refractivity contribution is 0.108. The van der Waals surface area contributed by atoms with Crippen LogP contribution in [0.1, 0.15) is 10.4 Å². The third-order valence-electron chi connectivity index (χ3n) is 1.09. The number of rotatable bonds is 1. The summed E-state index contributed by atoms with van der Waals surface area (Å²) in [6.45, 7) is 0. The molecule has 0 saturated heterocycles. The van der Waals surface area contributed by atoms with Crippen molar-refractivity contribution in [1.82, 2.24) is 0 Å². The third-order valence-corrected chi connectivity index (χ3v) is 1.62. The highest BCUT2D eigenvalue weighted by atomic mass is 35.5. The van der Waals surface area contributed by atoms with Crippen LogP contribution in [0.2, 0.25) is 5.02 Å². The lowest BCUT2D eigenvalue weighted by Crippen LogP contribution is -1.87. The molecule has 60 valence electrons. The van der Waals surface area contributed by atoms with Crippen molar-refractivity contribution in [1.29, 1.82) is 0 Å². The van der Waals surface area contributed by atoms with E-state index in [0.29, 0.717) is 10.6 Å². The molecule has 0 N–H and O–H groups in total. The summed E-state index contributed by atoms with van der Waals surface area (Å²) in [5.74, 6) is 0. The molecule has 0 fully saturated rings. The van der Waals surface area contributed by atoms with Gasteiger partial charge in [0.05, 0.1) is 10.6 Å². The van der Waals surface area contributed by atoms with Crippen molar-refractivity contribution < 1.29 is 4.79 Å². The van der Waals surface area contributed by atoms with Crippen LogP contribution in [0.25, 0.3) is 0 Å². The minimum absolute atomic E-state index is 0. The van der Waals surface area contributed by atoms with E-state index in [1.54, 1.807) is 24.3 Å². The van der Waals surface area contributed by atoms with Gasteiger partial charge < -0.3 is 0 Å². The highest BCUT2D eigenvalue weighted by Crippen LogP contribution is 2.16. The highest BCUT2D eigenvalue weighted by Gasteiger charge is 2.03. The van der Waals surface area contributed by atoms with Gasteiger partial charge in [-0.05, 0) is 23.7 Å². The first-order valence-corrected chi connectivity index (χ1v) is 3.42. The monoisotopic (exact) mass is 208 g/mol. The SMILES string of the molecule is O=C(Cl)c1ccccc1Cl.P. The molecule has 0 aliphatic rings. The Balaban J connectivity index is 0.000001000. The lowest BCUT2D eigenvalue weighted by atomic mass is 10.2. The second-order valence-electron chi connectivity index (χ2n) is 1.75. The Morgan fingerprint density at radius 2 is 1.82 bits per heavy atom. The van der Waals surface area contributed by atoms with Gasteiger partial charge >= 0.3 is 0 Å². The van der Waals surface area contributed by atoms with E-state index in [1.165, 1.54) is 0 Å². The fourth-order valence-electron chi connectivity index (χ4n) is 0.621. The Kier molecular flexibility index (Phi) is 4.67. The van der Waals surface area contributed by atoms with Crippen LogP contribution in [-0.2, 0) is 0 Å². The molecule has 1 unspecified atom stereocenters. The standard InChI is InChI=1S/C7H4Cl2O.H3P/c8-6-4-2-1-3-5(6)7(9)10;/h1-4H;1H3. The molecular weight excluding hydrogens is 202 g/mol. The molecule has 11 heavy (non-hydrogen) atoms. The van der Waals surface area contributed by atoms with Crippen molar-refractivity contribution in [2.75, 3.05) is 0 Å². The molecule has 1 aromatic rings. The van der Waals surface area contributed by atoms with E-state index in [1.807, 2.05) is 0 Å². The summed E-state index contributed by atoms with van der Waals surface area (Å²) in [4.78, 5) is 10.5. The minimum atomic E-state index is -0.523. The van der Waals surface area contributed by atoms with E-state index in [2.05, 4.69) is 0 Å². The summed E-state index contributed by atoms with van der Waals surface area (Å²) >= 11 is 10.8. The van der Waals surface area contributed by atoms with Crippen LogP contribution in [0.15, 0.2) is 24.3 Å². The van der Waals surface area contributed by atoms with E-state index in [4.69, 9.17) is 23.2 Å². The van der Waals surface area contributed by atoms with E-state index in [9.17, 15) is 4.79 Å². The maximum atomic E-state index is 10.5. The molecule has 0 spiro atoms. The molecule has 0 aromatic heterocycles. The van der Waals surface area contributed by atoms with Crippen LogP contribution in [0.5, 0.6) is 0 Å². The van der Waals surface area contributed by atoms with Crippen molar-refractivity contribution in [2.24, 2.45) is 0 Å². The average molecular weight is 209 g/mol. The Bertz CT molecular complexity index is 262. The maximum absolute atomic E-state index is 10.5. The van der Waals surface area contributed by atoms with Crippen LogP contribution in [-0.4, -0.2) is 5.24 Å². The highest BCUT2D eigenvalue weighted by molar-refractivity contribution is 6.92. The Hall–Kier alpha value is -0.100. The molecule has 1 nitrogen and oxygen atoms in total. The van der Waals surface area contributed by atoms with E-state index >= 15 is 0 Å². The minimum Gasteiger partial charge on any atom is -0.276 e. The normalized spacial score (nSPS) is 8.55. The van der Waals surface area contributed by atoms with Gasteiger partial charge in [0.1, 0.15) is 0 Å². The predicted octanol–water partition coefficient (Wildman–Crippen LogP) is 2.78. The number of carbonyl (C=O) groups is 1. The maximum Gasteiger partial charge on any atom is 0.253 e. The number of carbonyl (C=O) groups excluding carboxylic acids is 1. The number of halogens is 2. The summed E-state index contributed by atoms with van der Waals surface area (Å²) in [7, 11) is 0. The van der Waals surface area contributed by atoms with Crippen molar-refractivity contribution >= 4 is 38.3 Å². The van der Waals surface area contributed by atoms with Crippen LogP contribution in [0.4, 0.5) is 0 Å². The van der Waals surface area contributed by atoms with Gasteiger partial charge in [0.2, 0.25) is 0 Å². The largest absolute Gasteiger partial charge is 0.276 e. The van der Waals surface area contributed by atoms with Crippen LogP contribution in [0, 0.1) is 0 Å². The van der Waals surface area contributed by atoms with Gasteiger partial charge in [-0.1, -0.05) is 23.7 Å². The number of hydrogen-bond donors (Lipinski definition) is 0. The molecule has 1 atom stereocenters. The molecule has 0 bridgehead atoms. The summed E-state index contributed by atoms with van der Waals surface area (Å²) < 4.78 is 0. The summed E-state index contributed by atoms with van der Waals surface area (Å²) in [5.41, 5.74) is 0.353. The van der Waals surface area contributed by atoms with Gasteiger partial charge in [-0.15, -0.1) is 0 Å². The Labute approximate surface area is 78.3 Å². The zero-order valence-corrected chi connectivity index (χ0v) is 8.61. The fraction of sp³-hybridized carbons (Fsp3) is 0. The summed E-state index contributed by atoms with van der Waals surface area (Å²) in [6.07, 6.45) is 0. The number of benzene rings is 1. The molecule has 0 amide bonds. The van der Waals surface area contributed by atoms with Gasteiger partial charge in [-0.25, -0.2) is 0 Å². The first kappa shape index (κ1) is 10.9. The molecule has 0 aliphatic heterocycles.